The Morgan fingerprint density at radius 1 is 0.500 bits per heavy atom. The van der Waals surface area contributed by atoms with Crippen LogP contribution in [0, 0.1) is 0 Å². The van der Waals surface area contributed by atoms with Gasteiger partial charge in [-0.1, -0.05) is 0 Å². The topological polar surface area (TPSA) is 0 Å². The molecule has 0 saturated heterocycles. The molecule has 0 fully saturated rings. The van der Waals surface area contributed by atoms with Gasteiger partial charge >= 0.3 is 0 Å². The first-order chi connectivity index (χ1) is 0. The average Bonchev–Trinajstić information content (AvgIpc) is 0. The van der Waals surface area contributed by atoms with Gasteiger partial charge in [-0.2, -0.15) is 0 Å². The fraction of sp³-hybridized carbons (Fsp3) is 0. The van der Waals surface area contributed by atoms with Crippen LogP contribution in [0.15, 0.2) is 0 Å². The Morgan fingerprint density at radius 3 is 0.500 bits per heavy atom. The standard InChI is InChI=1S/3Fe.Pt. The number of hydrogen-bond acceptors (Lipinski definition) is 0. The zero-order valence-electron chi connectivity index (χ0n) is 1.38. The monoisotopic (exact) mass is 363 g/mol. The molecule has 0 atom stereocenters. The van der Waals surface area contributed by atoms with Crippen LogP contribution in [-0.4, -0.2) is 0 Å². The van der Waals surface area contributed by atoms with Crippen molar-refractivity contribution in [3.05, 3.63) is 0 Å². The summed E-state index contributed by atoms with van der Waals surface area (Å²) in [4.78, 5) is 0. The summed E-state index contributed by atoms with van der Waals surface area (Å²) in [6, 6.07) is 0. The zero-order chi connectivity index (χ0) is 0. The first-order valence-corrected chi connectivity index (χ1v) is 0. The van der Waals surface area contributed by atoms with E-state index in [1.54, 1.807) is 0 Å². The van der Waals surface area contributed by atoms with Gasteiger partial charge in [0.15, 0.2) is 0 Å². The first kappa shape index (κ1) is 34.1. The number of hydrogen-bond donors (Lipinski definition) is 0. The van der Waals surface area contributed by atoms with E-state index in [0.29, 0.717) is 0 Å². The summed E-state index contributed by atoms with van der Waals surface area (Å²) < 4.78 is 0. The van der Waals surface area contributed by atoms with E-state index in [9.17, 15) is 0 Å². The van der Waals surface area contributed by atoms with Gasteiger partial charge in [0, 0.05) is 72.3 Å². The van der Waals surface area contributed by atoms with E-state index >= 15 is 0 Å². The quantitative estimate of drug-likeness (QED) is 0.532. The van der Waals surface area contributed by atoms with E-state index in [4.69, 9.17) is 0 Å². The Bertz CT molecular complexity index is 3.25. The Labute approximate surface area is 71.5 Å². The van der Waals surface area contributed by atoms with Crippen LogP contribution in [0.5, 0.6) is 0 Å². The van der Waals surface area contributed by atoms with Crippen molar-refractivity contribution in [1.82, 2.24) is 0 Å². The average molecular weight is 363 g/mol. The van der Waals surface area contributed by atoms with Crippen LogP contribution < -0.4 is 0 Å². The van der Waals surface area contributed by atoms with Crippen molar-refractivity contribution in [1.29, 1.82) is 0 Å². The second-order valence-electron chi connectivity index (χ2n) is 0. The predicted octanol–water partition coefficient (Wildman–Crippen LogP) is -0.0100. The molecular weight excluding hydrogens is 363 g/mol. The molecular formula is Fe3Pt. The molecule has 34 valence electrons. The molecule has 0 aliphatic rings. The maximum Gasteiger partial charge on any atom is 0 e. The molecule has 0 rings (SSSR count). The van der Waals surface area contributed by atoms with Gasteiger partial charge in [0.2, 0.25) is 0 Å². The van der Waals surface area contributed by atoms with Crippen molar-refractivity contribution in [2.45, 2.75) is 0 Å². The third-order valence-corrected chi connectivity index (χ3v) is 0. The summed E-state index contributed by atoms with van der Waals surface area (Å²) in [7, 11) is 0. The van der Waals surface area contributed by atoms with E-state index in [-0.39, 0.29) is 72.3 Å². The van der Waals surface area contributed by atoms with Gasteiger partial charge in [0.25, 0.3) is 0 Å². The van der Waals surface area contributed by atoms with Crippen LogP contribution >= 0.6 is 0 Å². The molecule has 0 saturated carbocycles. The van der Waals surface area contributed by atoms with Gasteiger partial charge in [-0.3, -0.25) is 0 Å². The SMILES string of the molecule is [Fe].[Fe].[Fe].[Pt]. The van der Waals surface area contributed by atoms with Gasteiger partial charge in [0.05, 0.1) is 0 Å². The number of rotatable bonds is 0. The van der Waals surface area contributed by atoms with Crippen LogP contribution in [-0.2, 0) is 72.3 Å². The minimum atomic E-state index is 0. The van der Waals surface area contributed by atoms with Crippen LogP contribution in [0.25, 0.3) is 0 Å². The molecule has 0 bridgehead atoms. The Balaban J connectivity index is 0. The zero-order valence-corrected chi connectivity index (χ0v) is 6.96. The molecule has 4 heteroatoms. The van der Waals surface area contributed by atoms with Crippen molar-refractivity contribution in [3.8, 4) is 0 Å². The molecule has 0 N–H and O–H groups in total. The summed E-state index contributed by atoms with van der Waals surface area (Å²) in [5.74, 6) is 0. The van der Waals surface area contributed by atoms with Gasteiger partial charge < -0.3 is 0 Å². The molecule has 0 radical (unpaired) electrons. The van der Waals surface area contributed by atoms with Crippen molar-refractivity contribution >= 4 is 0 Å². The smallest absolute Gasteiger partial charge is 0 e. The predicted molar refractivity (Wildman–Crippen MR) is 0 cm³/mol. The maximum atomic E-state index is 0. The third-order valence-electron chi connectivity index (χ3n) is 0. The van der Waals surface area contributed by atoms with Gasteiger partial charge in [-0.05, 0) is 0 Å². The van der Waals surface area contributed by atoms with Gasteiger partial charge in [0.1, 0.15) is 0 Å². The molecule has 0 nitrogen and oxygen atoms in total. The second-order valence-corrected chi connectivity index (χ2v) is 0. The minimum absolute atomic E-state index is 0. The Kier molecular flexibility index (Phi) is 160. The van der Waals surface area contributed by atoms with Gasteiger partial charge in [-0.15, -0.1) is 0 Å². The molecule has 0 spiro atoms. The maximum absolute atomic E-state index is 0. The normalized spacial score (nSPS) is 0. The van der Waals surface area contributed by atoms with Crippen molar-refractivity contribution in [2.24, 2.45) is 0 Å². The third kappa shape index (κ3) is 8.87. The summed E-state index contributed by atoms with van der Waals surface area (Å²) in [5, 5.41) is 0. The summed E-state index contributed by atoms with van der Waals surface area (Å²) in [5.41, 5.74) is 0. The Hall–Kier alpha value is 2.25. The molecule has 0 aromatic heterocycles. The Morgan fingerprint density at radius 2 is 0.500 bits per heavy atom. The molecule has 0 amide bonds. The van der Waals surface area contributed by atoms with Crippen LogP contribution in [0.3, 0.4) is 0 Å². The van der Waals surface area contributed by atoms with E-state index in [0.717, 1.165) is 0 Å². The molecule has 0 aromatic carbocycles. The van der Waals surface area contributed by atoms with Crippen LogP contribution in [0.2, 0.25) is 0 Å². The van der Waals surface area contributed by atoms with Gasteiger partial charge in [-0.25, -0.2) is 0 Å². The molecule has 0 aliphatic carbocycles. The molecule has 0 heterocycles. The molecule has 4 heavy (non-hydrogen) atoms. The fourth-order valence-electron chi connectivity index (χ4n) is 0. The summed E-state index contributed by atoms with van der Waals surface area (Å²) >= 11 is 0. The van der Waals surface area contributed by atoms with Crippen molar-refractivity contribution in [2.75, 3.05) is 0 Å². The van der Waals surface area contributed by atoms with E-state index in [2.05, 4.69) is 0 Å². The van der Waals surface area contributed by atoms with E-state index in [1.807, 2.05) is 0 Å². The van der Waals surface area contributed by atoms with Crippen molar-refractivity contribution < 1.29 is 72.3 Å². The second kappa shape index (κ2) is 18.7. The fourth-order valence-corrected chi connectivity index (χ4v) is 0. The molecule has 0 unspecified atom stereocenters. The van der Waals surface area contributed by atoms with Crippen molar-refractivity contribution in [3.63, 3.8) is 0 Å². The molecule has 0 aromatic rings. The van der Waals surface area contributed by atoms with Crippen LogP contribution in [0.1, 0.15) is 0 Å². The largest absolute Gasteiger partial charge is 0 e. The van der Waals surface area contributed by atoms with Crippen LogP contribution in [0.4, 0.5) is 0 Å². The summed E-state index contributed by atoms with van der Waals surface area (Å²) in [6.07, 6.45) is 0. The molecule has 0 aliphatic heterocycles. The van der Waals surface area contributed by atoms with E-state index in [1.165, 1.54) is 0 Å². The minimum Gasteiger partial charge on any atom is 0 e. The first-order valence-electron chi connectivity index (χ1n) is 0. The summed E-state index contributed by atoms with van der Waals surface area (Å²) in [6.45, 7) is 0. The van der Waals surface area contributed by atoms with E-state index < -0.39 is 0 Å².